The molecule has 0 spiro atoms. The van der Waals surface area contributed by atoms with E-state index in [2.05, 4.69) is 5.32 Å². The van der Waals surface area contributed by atoms with Gasteiger partial charge in [0.25, 0.3) is 5.56 Å². The Morgan fingerprint density at radius 1 is 1.28 bits per heavy atom. The van der Waals surface area contributed by atoms with Crippen molar-refractivity contribution in [2.45, 2.75) is 46.2 Å². The van der Waals surface area contributed by atoms with Crippen LogP contribution in [-0.4, -0.2) is 38.6 Å². The van der Waals surface area contributed by atoms with Gasteiger partial charge in [0.15, 0.2) is 5.78 Å². The number of nitrogens with zero attached hydrogens (tertiary/aromatic N) is 2. The molecule has 0 radical (unpaired) electrons. The first kappa shape index (κ1) is 20.6. The molecule has 140 valence electrons. The van der Waals surface area contributed by atoms with Gasteiger partial charge < -0.3 is 10.8 Å². The van der Waals surface area contributed by atoms with Crippen molar-refractivity contribution in [2.75, 3.05) is 12.3 Å². The topological polar surface area (TPSA) is 136 Å². The highest BCUT2D eigenvalue weighted by Crippen LogP contribution is 2.08. The summed E-state index contributed by atoms with van der Waals surface area (Å²) in [6.45, 7) is 5.50. The van der Waals surface area contributed by atoms with Gasteiger partial charge in [-0.2, -0.15) is 0 Å². The van der Waals surface area contributed by atoms with Gasteiger partial charge in [-0.25, -0.2) is 4.79 Å². The first-order chi connectivity index (χ1) is 11.6. The quantitative estimate of drug-likeness (QED) is 0.523. The zero-order valence-corrected chi connectivity index (χ0v) is 15.0. The van der Waals surface area contributed by atoms with E-state index in [1.165, 1.54) is 11.6 Å². The number of hydrogen-bond donors (Lipinski definition) is 3. The number of nitrogen functional groups attached to an aromatic ring is 1. The molecular formula is C16H26N4O5. The Bertz CT molecular complexity index is 763. The molecule has 0 aliphatic heterocycles. The molecule has 0 fully saturated rings. The van der Waals surface area contributed by atoms with E-state index in [-0.39, 0.29) is 30.4 Å². The van der Waals surface area contributed by atoms with Crippen LogP contribution >= 0.6 is 0 Å². The molecule has 25 heavy (non-hydrogen) atoms. The second kappa shape index (κ2) is 8.61. The highest BCUT2D eigenvalue weighted by Gasteiger charge is 2.23. The minimum atomic E-state index is -1.07. The molecule has 0 aliphatic carbocycles. The Balaban J connectivity index is 3.21. The van der Waals surface area contributed by atoms with E-state index in [1.807, 2.05) is 20.8 Å². The Kier molecular flexibility index (Phi) is 7.10. The number of nitrogens with one attached hydrogen (secondary N) is 1. The van der Waals surface area contributed by atoms with E-state index in [0.29, 0.717) is 12.8 Å². The minimum Gasteiger partial charge on any atom is -0.480 e. The van der Waals surface area contributed by atoms with E-state index in [0.717, 1.165) is 4.57 Å². The number of carbonyl (C=O) groups is 2. The number of Topliss-reactive ketones (excluding diaryl/α,β-unsaturated/α-hetero) is 1. The molecule has 0 aliphatic rings. The molecule has 9 nitrogen and oxygen atoms in total. The predicted molar refractivity (Wildman–Crippen MR) is 93.9 cm³/mol. The Morgan fingerprint density at radius 3 is 2.36 bits per heavy atom. The molecule has 1 atom stereocenters. The van der Waals surface area contributed by atoms with Crippen LogP contribution in [0.2, 0.25) is 0 Å². The molecule has 1 unspecified atom stereocenters. The zero-order chi connectivity index (χ0) is 19.3. The van der Waals surface area contributed by atoms with Gasteiger partial charge in [0.05, 0.1) is 6.54 Å². The van der Waals surface area contributed by atoms with Crippen molar-refractivity contribution in [1.29, 1.82) is 0 Å². The zero-order valence-electron chi connectivity index (χ0n) is 15.0. The Labute approximate surface area is 145 Å². The SMILES string of the molecule is CCCC(NCC(=O)c1c(N)n(CC(C)C)c(=O)n(C)c1=O)C(=O)O. The normalized spacial score (nSPS) is 12.4. The van der Waals surface area contributed by atoms with Crippen LogP contribution in [0.5, 0.6) is 0 Å². The molecule has 0 amide bonds. The molecule has 9 heteroatoms. The summed E-state index contributed by atoms with van der Waals surface area (Å²) < 4.78 is 2.03. The highest BCUT2D eigenvalue weighted by molar-refractivity contribution is 6.01. The summed E-state index contributed by atoms with van der Waals surface area (Å²) in [5.41, 5.74) is 4.25. The second-order valence-corrected chi connectivity index (χ2v) is 6.40. The lowest BCUT2D eigenvalue weighted by Crippen LogP contribution is -2.45. The van der Waals surface area contributed by atoms with E-state index in [9.17, 15) is 19.2 Å². The van der Waals surface area contributed by atoms with Gasteiger partial charge in [-0.1, -0.05) is 27.2 Å². The maximum absolute atomic E-state index is 12.5. The number of aromatic nitrogens is 2. The lowest BCUT2D eigenvalue weighted by molar-refractivity contribution is -0.139. The third-order valence-electron chi connectivity index (χ3n) is 3.79. The van der Waals surface area contributed by atoms with Crippen LogP contribution in [0.25, 0.3) is 0 Å². The van der Waals surface area contributed by atoms with Crippen molar-refractivity contribution >= 4 is 17.6 Å². The maximum Gasteiger partial charge on any atom is 0.332 e. The van der Waals surface area contributed by atoms with Crippen LogP contribution in [-0.2, 0) is 18.4 Å². The lowest BCUT2D eigenvalue weighted by Gasteiger charge is -2.17. The summed E-state index contributed by atoms with van der Waals surface area (Å²) in [7, 11) is 1.28. The van der Waals surface area contributed by atoms with E-state index >= 15 is 0 Å². The standard InChI is InChI=1S/C16H26N4O5/c1-5-6-10(15(23)24)18-7-11(21)12-13(17)20(8-9(2)3)16(25)19(4)14(12)22/h9-10,18H,5-8,17H2,1-4H3,(H,23,24). The monoisotopic (exact) mass is 354 g/mol. The van der Waals surface area contributed by atoms with Crippen molar-refractivity contribution < 1.29 is 14.7 Å². The summed E-state index contributed by atoms with van der Waals surface area (Å²) in [6, 6.07) is -0.888. The molecular weight excluding hydrogens is 328 g/mol. The molecule has 0 saturated heterocycles. The fourth-order valence-corrected chi connectivity index (χ4v) is 2.49. The van der Waals surface area contributed by atoms with Crippen LogP contribution < -0.4 is 22.3 Å². The van der Waals surface area contributed by atoms with Gasteiger partial charge in [-0.3, -0.25) is 28.8 Å². The molecule has 1 rings (SSSR count). The maximum atomic E-state index is 12.5. The number of carboxylic acid groups (broad SMARTS) is 1. The highest BCUT2D eigenvalue weighted by atomic mass is 16.4. The van der Waals surface area contributed by atoms with Crippen molar-refractivity contribution in [3.8, 4) is 0 Å². The molecule has 1 aromatic rings. The molecule has 1 heterocycles. The van der Waals surface area contributed by atoms with Crippen LogP contribution in [0.15, 0.2) is 9.59 Å². The van der Waals surface area contributed by atoms with Crippen LogP contribution in [0.1, 0.15) is 44.0 Å². The lowest BCUT2D eigenvalue weighted by atomic mass is 10.1. The van der Waals surface area contributed by atoms with Crippen molar-refractivity contribution in [2.24, 2.45) is 13.0 Å². The van der Waals surface area contributed by atoms with Gasteiger partial charge in [0, 0.05) is 13.6 Å². The Hall–Kier alpha value is -2.42. The number of ketones is 1. The van der Waals surface area contributed by atoms with Crippen molar-refractivity contribution in [3.63, 3.8) is 0 Å². The summed E-state index contributed by atoms with van der Waals surface area (Å²) in [5, 5.41) is 11.7. The molecule has 0 bridgehead atoms. The van der Waals surface area contributed by atoms with Crippen LogP contribution in [0, 0.1) is 5.92 Å². The van der Waals surface area contributed by atoms with Gasteiger partial charge >= 0.3 is 11.7 Å². The fourth-order valence-electron chi connectivity index (χ4n) is 2.49. The number of nitrogens with two attached hydrogens (primary N) is 1. The third kappa shape index (κ3) is 4.79. The van der Waals surface area contributed by atoms with Gasteiger partial charge in [0.1, 0.15) is 17.4 Å². The average Bonchev–Trinajstić information content (AvgIpc) is 2.53. The number of rotatable bonds is 9. The minimum absolute atomic E-state index is 0.0829. The molecule has 0 saturated carbocycles. The number of carboxylic acids is 1. The Morgan fingerprint density at radius 2 is 1.88 bits per heavy atom. The summed E-state index contributed by atoms with van der Waals surface area (Å²) in [4.78, 5) is 48.1. The fraction of sp³-hybridized carbons (Fsp3) is 0.625. The van der Waals surface area contributed by atoms with Gasteiger partial charge in [-0.05, 0) is 12.3 Å². The number of carbonyl (C=O) groups excluding carboxylic acids is 1. The van der Waals surface area contributed by atoms with Crippen LogP contribution in [0.3, 0.4) is 0 Å². The smallest absolute Gasteiger partial charge is 0.332 e. The molecule has 0 aromatic carbocycles. The summed E-state index contributed by atoms with van der Waals surface area (Å²) in [6.07, 6.45) is 0.976. The number of aliphatic carboxylic acids is 1. The largest absolute Gasteiger partial charge is 0.480 e. The summed E-state index contributed by atoms with van der Waals surface area (Å²) in [5.74, 6) is -1.81. The van der Waals surface area contributed by atoms with E-state index in [1.54, 1.807) is 0 Å². The molecule has 4 N–H and O–H groups in total. The third-order valence-corrected chi connectivity index (χ3v) is 3.79. The molecule has 1 aromatic heterocycles. The van der Waals surface area contributed by atoms with E-state index < -0.39 is 29.0 Å². The summed E-state index contributed by atoms with van der Waals surface area (Å²) >= 11 is 0. The second-order valence-electron chi connectivity index (χ2n) is 6.40. The first-order valence-electron chi connectivity index (χ1n) is 8.20. The first-order valence-corrected chi connectivity index (χ1v) is 8.20. The van der Waals surface area contributed by atoms with Crippen molar-refractivity contribution in [3.05, 3.63) is 26.4 Å². The van der Waals surface area contributed by atoms with E-state index in [4.69, 9.17) is 10.8 Å². The number of anilines is 1. The van der Waals surface area contributed by atoms with Crippen molar-refractivity contribution in [1.82, 2.24) is 14.5 Å². The predicted octanol–water partition coefficient (Wildman–Crippen LogP) is -0.189. The van der Waals surface area contributed by atoms with Gasteiger partial charge in [0.2, 0.25) is 0 Å². The number of hydrogen-bond acceptors (Lipinski definition) is 6. The van der Waals surface area contributed by atoms with Crippen LogP contribution in [0.4, 0.5) is 5.82 Å². The average molecular weight is 354 g/mol. The van der Waals surface area contributed by atoms with Gasteiger partial charge in [-0.15, -0.1) is 0 Å².